The van der Waals surface area contributed by atoms with Gasteiger partial charge in [-0.1, -0.05) is 17.7 Å². The number of halogens is 1. The highest BCUT2D eigenvalue weighted by Gasteiger charge is 2.28. The first-order valence-corrected chi connectivity index (χ1v) is 7.82. The number of urea groups is 1. The molecule has 7 heteroatoms. The quantitative estimate of drug-likeness (QED) is 0.902. The molecule has 0 atom stereocenters. The Morgan fingerprint density at radius 3 is 2.59 bits per heavy atom. The summed E-state index contributed by atoms with van der Waals surface area (Å²) in [5.74, 6) is -0.119. The summed E-state index contributed by atoms with van der Waals surface area (Å²) < 4.78 is 0. The summed E-state index contributed by atoms with van der Waals surface area (Å²) in [5.41, 5.74) is 1.11. The van der Waals surface area contributed by atoms with E-state index in [0.717, 1.165) is 36.9 Å². The number of piperazine rings is 1. The van der Waals surface area contributed by atoms with Crippen LogP contribution in [0.1, 0.15) is 0 Å². The molecule has 0 spiro atoms. The van der Waals surface area contributed by atoms with Gasteiger partial charge in [0.25, 0.3) is 0 Å². The number of anilines is 1. The largest absolute Gasteiger partial charge is 0.369 e. The van der Waals surface area contributed by atoms with Crippen LogP contribution in [-0.2, 0) is 4.79 Å². The summed E-state index contributed by atoms with van der Waals surface area (Å²) in [6, 6.07) is 7.53. The minimum Gasteiger partial charge on any atom is -0.369 e. The van der Waals surface area contributed by atoms with Gasteiger partial charge in [0.2, 0.25) is 5.91 Å². The van der Waals surface area contributed by atoms with E-state index in [4.69, 9.17) is 11.6 Å². The molecule has 6 nitrogen and oxygen atoms in total. The molecule has 22 heavy (non-hydrogen) atoms. The van der Waals surface area contributed by atoms with Crippen LogP contribution in [0.2, 0.25) is 5.02 Å². The first-order chi connectivity index (χ1) is 10.6. The lowest BCUT2D eigenvalue weighted by atomic mass is 10.2. The van der Waals surface area contributed by atoms with Crippen LogP contribution in [0.15, 0.2) is 24.3 Å². The fourth-order valence-electron chi connectivity index (χ4n) is 2.82. The minimum absolute atomic E-state index is 0.119. The second-order valence-electron chi connectivity index (χ2n) is 5.52. The van der Waals surface area contributed by atoms with Gasteiger partial charge in [-0.25, -0.2) is 4.79 Å². The molecule has 0 aromatic heterocycles. The molecule has 1 N–H and O–H groups in total. The third kappa shape index (κ3) is 3.34. The topological polar surface area (TPSA) is 55.9 Å². The summed E-state index contributed by atoms with van der Waals surface area (Å²) in [5, 5.41) is 3.38. The van der Waals surface area contributed by atoms with Gasteiger partial charge in [0.15, 0.2) is 0 Å². The van der Waals surface area contributed by atoms with Crippen LogP contribution in [0, 0.1) is 0 Å². The summed E-state index contributed by atoms with van der Waals surface area (Å²) in [6.07, 6.45) is 0. The van der Waals surface area contributed by atoms with Crippen LogP contribution >= 0.6 is 11.6 Å². The monoisotopic (exact) mass is 322 g/mol. The van der Waals surface area contributed by atoms with Gasteiger partial charge in [-0.05, 0) is 18.2 Å². The predicted molar refractivity (Wildman–Crippen MR) is 85.2 cm³/mol. The molecule has 1 aromatic rings. The van der Waals surface area contributed by atoms with Crippen molar-refractivity contribution in [2.45, 2.75) is 0 Å². The molecule has 118 valence electrons. The van der Waals surface area contributed by atoms with E-state index in [1.165, 1.54) is 4.90 Å². The normalized spacial score (nSPS) is 19.4. The van der Waals surface area contributed by atoms with Crippen LogP contribution < -0.4 is 10.2 Å². The fraction of sp³-hybridized carbons (Fsp3) is 0.467. The van der Waals surface area contributed by atoms with Gasteiger partial charge in [0, 0.05) is 50.0 Å². The summed E-state index contributed by atoms with van der Waals surface area (Å²) in [6.45, 7) is 4.62. The van der Waals surface area contributed by atoms with Crippen LogP contribution in [0.4, 0.5) is 10.5 Å². The highest BCUT2D eigenvalue weighted by Crippen LogP contribution is 2.20. The van der Waals surface area contributed by atoms with Crippen molar-refractivity contribution in [2.75, 3.05) is 50.7 Å². The van der Waals surface area contributed by atoms with Crippen LogP contribution in [0.3, 0.4) is 0 Å². The maximum Gasteiger partial charge on any atom is 0.324 e. The fourth-order valence-corrected chi connectivity index (χ4v) is 3.01. The van der Waals surface area contributed by atoms with Crippen LogP contribution in [0.25, 0.3) is 0 Å². The highest BCUT2D eigenvalue weighted by atomic mass is 35.5. The molecule has 0 radical (unpaired) electrons. The molecular formula is C15H19ClN4O2. The van der Waals surface area contributed by atoms with Crippen molar-refractivity contribution in [3.63, 3.8) is 0 Å². The van der Waals surface area contributed by atoms with Gasteiger partial charge in [-0.3, -0.25) is 14.6 Å². The van der Waals surface area contributed by atoms with Gasteiger partial charge in [-0.2, -0.15) is 0 Å². The van der Waals surface area contributed by atoms with Crippen molar-refractivity contribution in [3.8, 4) is 0 Å². The van der Waals surface area contributed by atoms with E-state index in [2.05, 4.69) is 15.1 Å². The molecule has 0 saturated carbocycles. The lowest BCUT2D eigenvalue weighted by Crippen LogP contribution is -2.50. The van der Waals surface area contributed by atoms with Crippen molar-refractivity contribution in [1.29, 1.82) is 0 Å². The molecule has 3 amide bonds. The number of benzene rings is 1. The minimum atomic E-state index is -0.275. The van der Waals surface area contributed by atoms with E-state index in [0.29, 0.717) is 19.6 Å². The summed E-state index contributed by atoms with van der Waals surface area (Å²) in [7, 11) is 0. The Hall–Kier alpha value is -1.79. The Kier molecular flexibility index (Phi) is 4.49. The Morgan fingerprint density at radius 1 is 1.18 bits per heavy atom. The molecule has 1 aromatic carbocycles. The van der Waals surface area contributed by atoms with Gasteiger partial charge in [0.05, 0.1) is 6.54 Å². The van der Waals surface area contributed by atoms with Crippen molar-refractivity contribution in [1.82, 2.24) is 15.1 Å². The first kappa shape index (κ1) is 15.1. The zero-order valence-electron chi connectivity index (χ0n) is 12.3. The van der Waals surface area contributed by atoms with Gasteiger partial charge in [0.1, 0.15) is 0 Å². The number of rotatable bonds is 3. The van der Waals surface area contributed by atoms with E-state index in [1.807, 2.05) is 24.3 Å². The number of hydrogen-bond donors (Lipinski definition) is 1. The van der Waals surface area contributed by atoms with Gasteiger partial charge < -0.3 is 10.2 Å². The number of hydrogen-bond acceptors (Lipinski definition) is 4. The molecule has 2 fully saturated rings. The standard InChI is InChI=1S/C15H19ClN4O2/c16-12-2-1-3-13(10-12)19-8-6-18(7-9-19)11-14(21)20-5-4-17-15(20)22/h1-3,10H,4-9,11H2,(H,17,22). The Morgan fingerprint density at radius 2 is 1.95 bits per heavy atom. The average Bonchev–Trinajstić information content (AvgIpc) is 2.94. The maximum absolute atomic E-state index is 12.1. The molecule has 2 aliphatic rings. The van der Waals surface area contributed by atoms with E-state index in [-0.39, 0.29) is 11.9 Å². The molecular weight excluding hydrogens is 304 g/mol. The number of amides is 3. The average molecular weight is 323 g/mol. The second-order valence-corrected chi connectivity index (χ2v) is 5.96. The van der Waals surface area contributed by atoms with Gasteiger partial charge >= 0.3 is 6.03 Å². The SMILES string of the molecule is O=C(CN1CCN(c2cccc(Cl)c2)CC1)N1CCNC1=O. The molecule has 0 aliphatic carbocycles. The van der Waals surface area contributed by atoms with Crippen molar-refractivity contribution >= 4 is 29.2 Å². The predicted octanol–water partition coefficient (Wildman–Crippen LogP) is 1.01. The van der Waals surface area contributed by atoms with E-state index in [1.54, 1.807) is 0 Å². The first-order valence-electron chi connectivity index (χ1n) is 7.44. The zero-order valence-corrected chi connectivity index (χ0v) is 13.1. The Bertz CT molecular complexity index is 572. The van der Waals surface area contributed by atoms with Crippen LogP contribution in [0.5, 0.6) is 0 Å². The number of imide groups is 1. The van der Waals surface area contributed by atoms with Crippen molar-refractivity contribution in [3.05, 3.63) is 29.3 Å². The second kappa shape index (κ2) is 6.54. The Balaban J connectivity index is 1.51. The van der Waals surface area contributed by atoms with E-state index in [9.17, 15) is 9.59 Å². The number of carbonyl (C=O) groups is 2. The third-order valence-electron chi connectivity index (χ3n) is 4.06. The number of nitrogens with zero attached hydrogens (tertiary/aromatic N) is 3. The van der Waals surface area contributed by atoms with E-state index >= 15 is 0 Å². The number of carbonyl (C=O) groups excluding carboxylic acids is 2. The molecule has 3 rings (SSSR count). The van der Waals surface area contributed by atoms with Crippen molar-refractivity contribution in [2.24, 2.45) is 0 Å². The maximum atomic E-state index is 12.1. The molecule has 2 heterocycles. The highest BCUT2D eigenvalue weighted by molar-refractivity contribution is 6.30. The molecule has 0 bridgehead atoms. The Labute approximate surface area is 134 Å². The smallest absolute Gasteiger partial charge is 0.324 e. The lowest BCUT2D eigenvalue weighted by Gasteiger charge is -2.36. The summed E-state index contributed by atoms with van der Waals surface area (Å²) in [4.78, 5) is 29.2. The zero-order chi connectivity index (χ0) is 15.5. The molecule has 0 unspecified atom stereocenters. The van der Waals surface area contributed by atoms with Gasteiger partial charge in [-0.15, -0.1) is 0 Å². The summed E-state index contributed by atoms with van der Waals surface area (Å²) >= 11 is 6.02. The number of nitrogens with one attached hydrogen (secondary N) is 1. The third-order valence-corrected chi connectivity index (χ3v) is 4.30. The van der Waals surface area contributed by atoms with Crippen molar-refractivity contribution < 1.29 is 9.59 Å². The molecule has 2 saturated heterocycles. The van der Waals surface area contributed by atoms with E-state index < -0.39 is 0 Å². The molecule has 2 aliphatic heterocycles. The lowest BCUT2D eigenvalue weighted by molar-refractivity contribution is -0.128. The van der Waals surface area contributed by atoms with Crippen LogP contribution in [-0.4, -0.2) is 67.6 Å².